The summed E-state index contributed by atoms with van der Waals surface area (Å²) in [7, 11) is 13.2. The molecular weight excluding hydrogens is 621 g/mol. The number of anilines is 3. The summed E-state index contributed by atoms with van der Waals surface area (Å²) in [5.41, 5.74) is 8.62. The van der Waals surface area contributed by atoms with Gasteiger partial charge in [0, 0.05) is 0 Å². The van der Waals surface area contributed by atoms with E-state index < -0.39 is 24.3 Å². The Morgan fingerprint density at radius 2 is 0.854 bits per heavy atom. The molecule has 0 fully saturated rings. The Morgan fingerprint density at radius 3 is 1.12 bits per heavy atom. The smallest absolute Gasteiger partial charge is 1.00 e. The number of para-hydroxylation sites is 3. The summed E-state index contributed by atoms with van der Waals surface area (Å²) in [5, 5.41) is 4.59. The van der Waals surface area contributed by atoms with Crippen LogP contribution in [0.1, 0.15) is 27.7 Å². The molecule has 0 radical (unpaired) electrons. The van der Waals surface area contributed by atoms with Gasteiger partial charge in [-0.2, -0.15) is 0 Å². The van der Waals surface area contributed by atoms with Gasteiger partial charge >= 0.3 is 241 Å². The van der Waals surface area contributed by atoms with Gasteiger partial charge in [-0.1, -0.05) is 0 Å². The van der Waals surface area contributed by atoms with Crippen LogP contribution in [0.4, 0.5) is 17.1 Å². The number of hydrogen-bond donors (Lipinski definition) is 0. The predicted molar refractivity (Wildman–Crippen MR) is 167 cm³/mol. The quantitative estimate of drug-likeness (QED) is 0.181. The van der Waals surface area contributed by atoms with E-state index in [2.05, 4.69) is 157 Å². The van der Waals surface area contributed by atoms with Crippen LogP contribution in [0, 0.1) is 5.92 Å². The van der Waals surface area contributed by atoms with Crippen molar-refractivity contribution in [1.82, 2.24) is 0 Å². The van der Waals surface area contributed by atoms with Crippen LogP contribution in [0.15, 0.2) is 93.4 Å². The van der Waals surface area contributed by atoms with E-state index in [1.54, 1.807) is 15.0 Å². The molecule has 1 aliphatic rings. The molecule has 0 spiro atoms. The van der Waals surface area contributed by atoms with E-state index >= 15 is 0 Å². The van der Waals surface area contributed by atoms with Gasteiger partial charge in [-0.25, -0.2) is 0 Å². The Balaban J connectivity index is 0.00000280. The van der Waals surface area contributed by atoms with E-state index in [1.807, 2.05) is 0 Å². The van der Waals surface area contributed by atoms with E-state index in [1.165, 1.54) is 38.2 Å². The number of nitrogens with zero attached hydrogens (tertiary/aromatic N) is 3. The summed E-state index contributed by atoms with van der Waals surface area (Å²) in [6, 6.07) is 27.7. The van der Waals surface area contributed by atoms with Gasteiger partial charge in [0.15, 0.2) is 0 Å². The van der Waals surface area contributed by atoms with Crippen molar-refractivity contribution in [2.45, 2.75) is 27.7 Å². The molecule has 4 rings (SSSR count). The van der Waals surface area contributed by atoms with Crippen molar-refractivity contribution >= 4 is 38.6 Å². The first-order valence-corrected chi connectivity index (χ1v) is 18.6. The molecule has 0 saturated carbocycles. The minimum Gasteiger partial charge on any atom is -1.00 e. The van der Waals surface area contributed by atoms with Crippen LogP contribution in [-0.2, 0) is 18.4 Å². The zero-order chi connectivity index (χ0) is 27.8. The number of rotatable bonds is 8. The molecule has 0 aliphatic heterocycles. The maximum atomic E-state index is 2.45. The fraction of sp³-hybridized carbons (Fsp3) is 0.333. The molecule has 0 heterocycles. The van der Waals surface area contributed by atoms with Crippen molar-refractivity contribution in [2.75, 3.05) is 57.0 Å². The average Bonchev–Trinajstić information content (AvgIpc) is 3.09. The van der Waals surface area contributed by atoms with E-state index in [0.29, 0.717) is 5.92 Å². The summed E-state index contributed by atoms with van der Waals surface area (Å²) in [6.07, 6.45) is 0. The van der Waals surface area contributed by atoms with Crippen LogP contribution in [0.5, 0.6) is 0 Å². The first-order valence-electron chi connectivity index (χ1n) is 13.5. The first kappa shape index (κ1) is 37.4. The minimum absolute atomic E-state index is 0. The van der Waals surface area contributed by atoms with E-state index in [0.717, 1.165) is 0 Å². The Morgan fingerprint density at radius 1 is 0.537 bits per heavy atom. The first-order chi connectivity index (χ1) is 18.0. The zero-order valence-corrected chi connectivity index (χ0v) is 30.8. The molecule has 0 bridgehead atoms. The standard InChI is InChI=1S/C24H30N3Si.C9H13.3ClH.Ti/c1-25(2)19-13-7-10-16-22(19)28(23-17-11-8-14-20(23)26(3)4)24-18-12-9-15-21(24)27(5)6;1-6-5-7(2)9(4)8(6)3;;;;/h7-18H,1-6H3;6H,1-4H3;3*1H;/q;;;;;+3/p-3. The van der Waals surface area contributed by atoms with Gasteiger partial charge in [-0.3, -0.25) is 0 Å². The fourth-order valence-electron chi connectivity index (χ4n) is 5.95. The molecule has 8 heteroatoms. The van der Waals surface area contributed by atoms with Crippen LogP contribution in [0.2, 0.25) is 0 Å². The van der Waals surface area contributed by atoms with Crippen LogP contribution >= 0.6 is 0 Å². The number of hydrogen-bond acceptors (Lipinski definition) is 3. The molecule has 3 aromatic carbocycles. The largest absolute Gasteiger partial charge is 1.00 e. The van der Waals surface area contributed by atoms with Gasteiger partial charge < -0.3 is 37.2 Å². The molecule has 3 nitrogen and oxygen atoms in total. The Hall–Kier alpha value is -1.66. The molecule has 3 aromatic rings. The van der Waals surface area contributed by atoms with Crippen molar-refractivity contribution in [1.29, 1.82) is 0 Å². The van der Waals surface area contributed by atoms with E-state index in [9.17, 15) is 0 Å². The SMILES string of the molecule is CC1=C(C)C(C)[C]([Ti+3][Si](c2ccccc2N(C)C)(c2ccccc2N(C)C)c2ccccc2N(C)C)=C1C.[Cl-].[Cl-].[Cl-]. The minimum atomic E-state index is -2.54. The Labute approximate surface area is 276 Å². The molecule has 219 valence electrons. The number of benzene rings is 3. The molecule has 1 aliphatic carbocycles. The molecule has 0 amide bonds. The van der Waals surface area contributed by atoms with E-state index in [-0.39, 0.29) is 37.2 Å². The monoisotopic (exact) mass is 662 g/mol. The molecule has 0 N–H and O–H groups in total. The number of halogens is 3. The summed E-state index contributed by atoms with van der Waals surface area (Å²) < 4.78 is 1.72. The summed E-state index contributed by atoms with van der Waals surface area (Å²) in [6.45, 7) is 9.51. The Kier molecular flexibility index (Phi) is 13.8. The van der Waals surface area contributed by atoms with Crippen molar-refractivity contribution in [3.05, 3.63) is 93.4 Å². The van der Waals surface area contributed by atoms with Gasteiger partial charge in [0.1, 0.15) is 0 Å². The fourth-order valence-corrected chi connectivity index (χ4v) is 20.4. The van der Waals surface area contributed by atoms with Gasteiger partial charge in [-0.05, 0) is 0 Å². The van der Waals surface area contributed by atoms with Crippen molar-refractivity contribution < 1.29 is 55.6 Å². The van der Waals surface area contributed by atoms with Crippen LogP contribution in [0.3, 0.4) is 0 Å². The second-order valence-corrected chi connectivity index (χ2v) is 20.1. The van der Waals surface area contributed by atoms with Crippen molar-refractivity contribution in [2.24, 2.45) is 5.92 Å². The van der Waals surface area contributed by atoms with Crippen molar-refractivity contribution in [3.8, 4) is 0 Å². The zero-order valence-electron chi connectivity index (χ0n) is 26.0. The van der Waals surface area contributed by atoms with E-state index in [4.69, 9.17) is 0 Å². The van der Waals surface area contributed by atoms with Gasteiger partial charge in [0.2, 0.25) is 0 Å². The van der Waals surface area contributed by atoms with Crippen molar-refractivity contribution in [3.63, 3.8) is 0 Å². The molecule has 1 unspecified atom stereocenters. The second-order valence-electron chi connectivity index (χ2n) is 11.2. The van der Waals surface area contributed by atoms with Crippen LogP contribution < -0.4 is 67.5 Å². The molecule has 0 aromatic heterocycles. The predicted octanol–water partition coefficient (Wildman–Crippen LogP) is -3.79. The second kappa shape index (κ2) is 15.2. The molecule has 1 atom stereocenters. The molecular formula is C33H43Cl3N3SiTi. The summed E-state index contributed by atoms with van der Waals surface area (Å²) in [4.78, 5) is 6.98. The maximum absolute atomic E-state index is 2.54. The third kappa shape index (κ3) is 6.79. The normalized spacial score (nSPS) is 14.4. The maximum Gasteiger partial charge on any atom is -1.00 e. The summed E-state index contributed by atoms with van der Waals surface area (Å²) in [5.74, 6) is -2.03. The molecule has 0 saturated heterocycles. The topological polar surface area (TPSA) is 9.72 Å². The van der Waals surface area contributed by atoms with Gasteiger partial charge in [0.25, 0.3) is 0 Å². The summed E-state index contributed by atoms with van der Waals surface area (Å²) >= 11 is -0.634. The number of allylic oxidation sites excluding steroid dienone is 4. The Bertz CT molecular complexity index is 1280. The third-order valence-electron chi connectivity index (χ3n) is 8.33. The van der Waals surface area contributed by atoms with Crippen LogP contribution in [-0.4, -0.2) is 48.2 Å². The van der Waals surface area contributed by atoms with Gasteiger partial charge in [-0.15, -0.1) is 0 Å². The molecule has 41 heavy (non-hydrogen) atoms. The third-order valence-corrected chi connectivity index (χ3v) is 20.7. The average molecular weight is 664 g/mol. The van der Waals surface area contributed by atoms with Gasteiger partial charge in [0.05, 0.1) is 0 Å². The van der Waals surface area contributed by atoms with Crippen LogP contribution in [0.25, 0.3) is 0 Å².